The van der Waals surface area contributed by atoms with E-state index in [-0.39, 0.29) is 11.4 Å². The number of benzene rings is 1. The third-order valence-corrected chi connectivity index (χ3v) is 2.75. The highest BCUT2D eigenvalue weighted by molar-refractivity contribution is 5.54. The minimum absolute atomic E-state index is 0.0104. The van der Waals surface area contributed by atoms with Crippen molar-refractivity contribution in [2.24, 2.45) is 0 Å². The van der Waals surface area contributed by atoms with E-state index in [0.29, 0.717) is 0 Å². The highest BCUT2D eigenvalue weighted by Gasteiger charge is 2.44. The molecule has 2 unspecified atom stereocenters. The van der Waals surface area contributed by atoms with Gasteiger partial charge in [-0.25, -0.2) is 4.39 Å². The van der Waals surface area contributed by atoms with Crippen molar-refractivity contribution in [1.82, 2.24) is 10.1 Å². The fourth-order valence-electron chi connectivity index (χ4n) is 1.59. The molecule has 0 saturated heterocycles. The van der Waals surface area contributed by atoms with Gasteiger partial charge in [0.2, 0.25) is 11.7 Å². The fraction of sp³-hybridized carbons (Fsp3) is 0.333. The molecule has 1 heterocycles. The Kier molecular flexibility index (Phi) is 3.76. The lowest BCUT2D eigenvalue weighted by atomic mass is 10.0. The molecule has 2 rings (SSSR count). The van der Waals surface area contributed by atoms with E-state index in [1.54, 1.807) is 0 Å². The van der Waals surface area contributed by atoms with Crippen LogP contribution in [0.4, 0.5) is 17.6 Å². The first kappa shape index (κ1) is 14.4. The van der Waals surface area contributed by atoms with Gasteiger partial charge in [-0.1, -0.05) is 24.2 Å². The van der Waals surface area contributed by atoms with Crippen LogP contribution in [0, 0.1) is 5.82 Å². The smallest absolute Gasteiger partial charge is 0.383 e. The van der Waals surface area contributed by atoms with Crippen molar-refractivity contribution >= 4 is 0 Å². The molecule has 8 heteroatoms. The lowest BCUT2D eigenvalue weighted by molar-refractivity contribution is -0.210. The molecule has 1 aromatic carbocycles. The number of nitrogens with zero attached hydrogens (tertiary/aromatic N) is 2. The summed E-state index contributed by atoms with van der Waals surface area (Å²) >= 11 is 0. The topological polar surface area (TPSA) is 59.2 Å². The molecular weight excluding hydrogens is 280 g/mol. The lowest BCUT2D eigenvalue weighted by Crippen LogP contribution is -2.33. The molecule has 2 aromatic rings. The largest absolute Gasteiger partial charge is 0.415 e. The van der Waals surface area contributed by atoms with Crippen LogP contribution in [-0.4, -0.2) is 27.5 Å². The minimum atomic E-state index is -4.80. The molecule has 1 aromatic heterocycles. The predicted molar refractivity (Wildman–Crippen MR) is 60.2 cm³/mol. The van der Waals surface area contributed by atoms with Gasteiger partial charge in [-0.15, -0.1) is 0 Å². The SMILES string of the molecule is CC(c1nc(-c2ccccc2F)no1)C(O)C(F)(F)F. The summed E-state index contributed by atoms with van der Waals surface area (Å²) < 4.78 is 55.3. The van der Waals surface area contributed by atoms with Crippen LogP contribution < -0.4 is 0 Å². The Balaban J connectivity index is 2.28. The first-order valence-corrected chi connectivity index (χ1v) is 5.64. The summed E-state index contributed by atoms with van der Waals surface area (Å²) in [6.45, 7) is 1.09. The van der Waals surface area contributed by atoms with E-state index in [1.165, 1.54) is 24.3 Å². The molecule has 0 fully saturated rings. The van der Waals surface area contributed by atoms with Crippen LogP contribution in [0.15, 0.2) is 28.8 Å². The number of hydrogen-bond acceptors (Lipinski definition) is 4. The molecule has 4 nitrogen and oxygen atoms in total. The maximum atomic E-state index is 13.5. The number of hydrogen-bond donors (Lipinski definition) is 1. The van der Waals surface area contributed by atoms with Gasteiger partial charge >= 0.3 is 6.18 Å². The summed E-state index contributed by atoms with van der Waals surface area (Å²) in [5.41, 5.74) is 0.0104. The Morgan fingerprint density at radius 3 is 2.50 bits per heavy atom. The van der Waals surface area contributed by atoms with Gasteiger partial charge in [0, 0.05) is 0 Å². The molecule has 0 aliphatic heterocycles. The van der Waals surface area contributed by atoms with E-state index in [4.69, 9.17) is 5.11 Å². The van der Waals surface area contributed by atoms with Crippen molar-refractivity contribution in [1.29, 1.82) is 0 Å². The number of aromatic nitrogens is 2. The second-order valence-corrected chi connectivity index (χ2v) is 4.21. The van der Waals surface area contributed by atoms with E-state index in [2.05, 4.69) is 14.7 Å². The number of rotatable bonds is 3. The van der Waals surface area contributed by atoms with Gasteiger partial charge in [0.1, 0.15) is 5.82 Å². The summed E-state index contributed by atoms with van der Waals surface area (Å²) in [4.78, 5) is 3.70. The maximum absolute atomic E-state index is 13.5. The molecule has 0 spiro atoms. The highest BCUT2D eigenvalue weighted by Crippen LogP contribution is 2.31. The van der Waals surface area contributed by atoms with Crippen LogP contribution in [0.1, 0.15) is 18.7 Å². The van der Waals surface area contributed by atoms with Crippen molar-refractivity contribution < 1.29 is 27.2 Å². The molecule has 0 aliphatic carbocycles. The zero-order chi connectivity index (χ0) is 14.9. The molecule has 1 N–H and O–H groups in total. The highest BCUT2D eigenvalue weighted by atomic mass is 19.4. The second kappa shape index (κ2) is 5.20. The monoisotopic (exact) mass is 290 g/mol. The fourth-order valence-corrected chi connectivity index (χ4v) is 1.59. The van der Waals surface area contributed by atoms with Crippen LogP contribution >= 0.6 is 0 Å². The summed E-state index contributed by atoms with van der Waals surface area (Å²) in [5.74, 6) is -2.64. The van der Waals surface area contributed by atoms with Gasteiger partial charge in [0.15, 0.2) is 6.10 Å². The minimum Gasteiger partial charge on any atom is -0.383 e. The molecular formula is C12H10F4N2O2. The van der Waals surface area contributed by atoms with Crippen LogP contribution in [0.25, 0.3) is 11.4 Å². The molecule has 0 amide bonds. The summed E-state index contributed by atoms with van der Waals surface area (Å²) in [6.07, 6.45) is -7.43. The Morgan fingerprint density at radius 1 is 1.25 bits per heavy atom. The van der Waals surface area contributed by atoms with Crippen LogP contribution in [0.3, 0.4) is 0 Å². The molecule has 2 atom stereocenters. The van der Waals surface area contributed by atoms with E-state index in [1.807, 2.05) is 0 Å². The first-order valence-electron chi connectivity index (χ1n) is 5.64. The molecule has 108 valence electrons. The van der Waals surface area contributed by atoms with E-state index in [0.717, 1.165) is 6.92 Å². The standard InChI is InChI=1S/C12H10F4N2O2/c1-6(9(19)12(14,15)16)11-17-10(18-20-11)7-4-2-3-5-8(7)13/h2-6,9,19H,1H3. The number of aliphatic hydroxyl groups excluding tert-OH is 1. The van der Waals surface area contributed by atoms with E-state index >= 15 is 0 Å². The molecule has 0 bridgehead atoms. The van der Waals surface area contributed by atoms with Crippen molar-refractivity contribution in [2.45, 2.75) is 25.1 Å². The first-order chi connectivity index (χ1) is 9.30. The normalized spacial score (nSPS) is 15.1. The third kappa shape index (κ3) is 2.79. The predicted octanol–water partition coefficient (Wildman–Crippen LogP) is 2.90. The molecule has 20 heavy (non-hydrogen) atoms. The van der Waals surface area contributed by atoms with Crippen LogP contribution in [-0.2, 0) is 0 Å². The second-order valence-electron chi connectivity index (χ2n) is 4.21. The molecule has 0 saturated carbocycles. The third-order valence-electron chi connectivity index (χ3n) is 2.75. The Labute approximate surface area is 111 Å². The van der Waals surface area contributed by atoms with Gasteiger partial charge in [-0.2, -0.15) is 18.2 Å². The average molecular weight is 290 g/mol. The van der Waals surface area contributed by atoms with Crippen LogP contribution in [0.2, 0.25) is 0 Å². The zero-order valence-corrected chi connectivity index (χ0v) is 10.2. The molecule has 0 radical (unpaired) electrons. The lowest BCUT2D eigenvalue weighted by Gasteiger charge is -2.17. The van der Waals surface area contributed by atoms with Crippen LogP contribution in [0.5, 0.6) is 0 Å². The van der Waals surface area contributed by atoms with E-state index in [9.17, 15) is 17.6 Å². The van der Waals surface area contributed by atoms with Crippen molar-refractivity contribution in [3.63, 3.8) is 0 Å². The average Bonchev–Trinajstić information content (AvgIpc) is 2.86. The Bertz CT molecular complexity index is 597. The van der Waals surface area contributed by atoms with Gasteiger partial charge in [0.25, 0.3) is 0 Å². The van der Waals surface area contributed by atoms with E-state index < -0.39 is 29.9 Å². The Hall–Kier alpha value is -1.96. The summed E-state index contributed by atoms with van der Waals surface area (Å²) in [5, 5.41) is 12.5. The summed E-state index contributed by atoms with van der Waals surface area (Å²) in [6, 6.07) is 5.52. The number of aliphatic hydroxyl groups is 1. The van der Waals surface area contributed by atoms with Crippen molar-refractivity contribution in [2.75, 3.05) is 0 Å². The number of halogens is 4. The quantitative estimate of drug-likeness (QED) is 0.883. The van der Waals surface area contributed by atoms with Gasteiger partial charge < -0.3 is 9.63 Å². The van der Waals surface area contributed by atoms with Gasteiger partial charge in [-0.05, 0) is 12.1 Å². The summed E-state index contributed by atoms with van der Waals surface area (Å²) in [7, 11) is 0. The molecule has 0 aliphatic rings. The number of alkyl halides is 3. The van der Waals surface area contributed by atoms with Crippen molar-refractivity contribution in [3.8, 4) is 11.4 Å². The van der Waals surface area contributed by atoms with Gasteiger partial charge in [-0.3, -0.25) is 0 Å². The van der Waals surface area contributed by atoms with Crippen molar-refractivity contribution in [3.05, 3.63) is 36.0 Å². The Morgan fingerprint density at radius 2 is 1.90 bits per heavy atom. The van der Waals surface area contributed by atoms with Gasteiger partial charge in [0.05, 0.1) is 11.5 Å². The zero-order valence-electron chi connectivity index (χ0n) is 10.2. The maximum Gasteiger partial charge on any atom is 0.415 e.